The topological polar surface area (TPSA) is 37.4 Å². The van der Waals surface area contributed by atoms with E-state index >= 15 is 0 Å². The monoisotopic (exact) mass is 355 g/mol. The SMILES string of the molecule is O=C1S/C(=C/c2ccc(Cl)s2)C(=O)N1c1ccc(Cl)cc1. The maximum Gasteiger partial charge on any atom is 0.298 e. The first-order valence-corrected chi connectivity index (χ1v) is 8.22. The lowest BCUT2D eigenvalue weighted by Gasteiger charge is -2.11. The summed E-state index contributed by atoms with van der Waals surface area (Å²) >= 11 is 13.9. The second-order valence-corrected chi connectivity index (χ2v) is 7.31. The zero-order chi connectivity index (χ0) is 15.0. The molecule has 0 aliphatic carbocycles. The molecule has 2 aromatic rings. The molecular weight excluding hydrogens is 349 g/mol. The van der Waals surface area contributed by atoms with E-state index in [0.717, 1.165) is 21.5 Å². The number of benzene rings is 1. The first kappa shape index (κ1) is 14.7. The lowest BCUT2D eigenvalue weighted by molar-refractivity contribution is -0.113. The Morgan fingerprint density at radius 2 is 1.71 bits per heavy atom. The van der Waals surface area contributed by atoms with Crippen LogP contribution in [-0.4, -0.2) is 11.1 Å². The van der Waals surface area contributed by atoms with E-state index in [9.17, 15) is 9.59 Å². The minimum absolute atomic E-state index is 0.323. The summed E-state index contributed by atoms with van der Waals surface area (Å²) in [7, 11) is 0. The van der Waals surface area contributed by atoms with Crippen molar-refractivity contribution >= 4 is 69.2 Å². The average molecular weight is 356 g/mol. The Balaban J connectivity index is 1.92. The van der Waals surface area contributed by atoms with E-state index in [2.05, 4.69) is 0 Å². The summed E-state index contributed by atoms with van der Waals surface area (Å²) in [5.74, 6) is -0.336. The van der Waals surface area contributed by atoms with Gasteiger partial charge in [0.2, 0.25) is 0 Å². The second kappa shape index (κ2) is 5.85. The number of thiophene rings is 1. The van der Waals surface area contributed by atoms with Crippen LogP contribution in [0.5, 0.6) is 0 Å². The molecule has 7 heteroatoms. The standard InChI is InChI=1S/C14H7Cl2NO2S2/c15-8-1-3-9(4-2-8)17-13(18)11(21-14(17)19)7-10-5-6-12(16)20-10/h1-7H/b11-7+. The highest BCUT2D eigenvalue weighted by Crippen LogP contribution is 2.37. The fourth-order valence-corrected chi connectivity index (χ4v) is 3.85. The summed E-state index contributed by atoms with van der Waals surface area (Å²) in [6.07, 6.45) is 1.68. The van der Waals surface area contributed by atoms with E-state index in [4.69, 9.17) is 23.2 Å². The van der Waals surface area contributed by atoms with Crippen LogP contribution in [0.1, 0.15) is 4.88 Å². The highest BCUT2D eigenvalue weighted by atomic mass is 35.5. The first-order valence-electron chi connectivity index (χ1n) is 5.83. The third-order valence-electron chi connectivity index (χ3n) is 2.75. The second-order valence-electron chi connectivity index (χ2n) is 4.14. The van der Waals surface area contributed by atoms with Crippen molar-refractivity contribution in [2.24, 2.45) is 0 Å². The molecule has 3 nitrogen and oxygen atoms in total. The molecule has 0 unspecified atom stereocenters. The highest BCUT2D eigenvalue weighted by Gasteiger charge is 2.36. The van der Waals surface area contributed by atoms with Crippen LogP contribution in [0.25, 0.3) is 6.08 Å². The van der Waals surface area contributed by atoms with Gasteiger partial charge in [-0.25, -0.2) is 4.90 Å². The maximum atomic E-state index is 12.4. The number of amides is 2. The van der Waals surface area contributed by atoms with Gasteiger partial charge in [0, 0.05) is 9.90 Å². The fourth-order valence-electron chi connectivity index (χ4n) is 1.82. The minimum Gasteiger partial charge on any atom is -0.268 e. The van der Waals surface area contributed by atoms with Crippen molar-refractivity contribution in [3.63, 3.8) is 0 Å². The van der Waals surface area contributed by atoms with E-state index < -0.39 is 0 Å². The van der Waals surface area contributed by atoms with Crippen LogP contribution in [-0.2, 0) is 4.79 Å². The molecule has 21 heavy (non-hydrogen) atoms. The predicted octanol–water partition coefficient (Wildman–Crippen LogP) is 5.30. The zero-order valence-corrected chi connectivity index (χ0v) is 13.5. The summed E-state index contributed by atoms with van der Waals surface area (Å²) in [4.78, 5) is 26.8. The molecule has 1 saturated heterocycles. The van der Waals surface area contributed by atoms with Gasteiger partial charge >= 0.3 is 0 Å². The quantitative estimate of drug-likeness (QED) is 0.686. The van der Waals surface area contributed by atoms with Crippen LogP contribution in [0.4, 0.5) is 10.5 Å². The lowest BCUT2D eigenvalue weighted by atomic mass is 10.3. The molecule has 0 N–H and O–H groups in total. The number of anilines is 1. The minimum atomic E-state index is -0.336. The molecule has 0 bridgehead atoms. The van der Waals surface area contributed by atoms with Crippen molar-refractivity contribution in [2.75, 3.05) is 4.90 Å². The third kappa shape index (κ3) is 3.01. The van der Waals surface area contributed by atoms with Gasteiger partial charge in [-0.15, -0.1) is 11.3 Å². The van der Waals surface area contributed by atoms with Gasteiger partial charge in [-0.2, -0.15) is 0 Å². The number of rotatable bonds is 2. The smallest absolute Gasteiger partial charge is 0.268 e. The Hall–Kier alpha value is -1.27. The summed E-state index contributed by atoms with van der Waals surface area (Å²) in [5.41, 5.74) is 0.509. The largest absolute Gasteiger partial charge is 0.298 e. The normalized spacial score (nSPS) is 17.0. The molecule has 106 valence electrons. The number of hydrogen-bond donors (Lipinski definition) is 0. The summed E-state index contributed by atoms with van der Waals surface area (Å²) < 4.78 is 0.637. The van der Waals surface area contributed by atoms with Crippen LogP contribution in [0.2, 0.25) is 9.36 Å². The van der Waals surface area contributed by atoms with E-state index in [1.165, 1.54) is 11.3 Å². The number of hydrogen-bond acceptors (Lipinski definition) is 4. The molecule has 0 radical (unpaired) electrons. The average Bonchev–Trinajstić information content (AvgIpc) is 2.96. The number of nitrogens with zero attached hydrogens (tertiary/aromatic N) is 1. The Kier molecular flexibility index (Phi) is 4.08. The van der Waals surface area contributed by atoms with Crippen LogP contribution in [0.3, 0.4) is 0 Å². The number of thioether (sulfide) groups is 1. The fraction of sp³-hybridized carbons (Fsp3) is 0. The van der Waals surface area contributed by atoms with Gasteiger partial charge in [0.15, 0.2) is 0 Å². The predicted molar refractivity (Wildman–Crippen MR) is 89.2 cm³/mol. The van der Waals surface area contributed by atoms with Crippen LogP contribution in [0, 0.1) is 0 Å². The molecule has 1 fully saturated rings. The Morgan fingerprint density at radius 3 is 2.33 bits per heavy atom. The number of carbonyl (C=O) groups excluding carboxylic acids is 2. The zero-order valence-electron chi connectivity index (χ0n) is 10.4. The van der Waals surface area contributed by atoms with E-state index in [1.54, 1.807) is 36.4 Å². The molecular formula is C14H7Cl2NO2S2. The van der Waals surface area contributed by atoms with Crippen LogP contribution >= 0.6 is 46.3 Å². The van der Waals surface area contributed by atoms with E-state index in [1.807, 2.05) is 6.07 Å². The molecule has 1 aliphatic heterocycles. The van der Waals surface area contributed by atoms with Gasteiger partial charge in [0.1, 0.15) is 0 Å². The number of halogens is 2. The highest BCUT2D eigenvalue weighted by molar-refractivity contribution is 8.19. The first-order chi connectivity index (χ1) is 10.0. The van der Waals surface area contributed by atoms with E-state index in [-0.39, 0.29) is 11.1 Å². The Labute approximate surface area is 139 Å². The summed E-state index contributed by atoms with van der Waals surface area (Å²) in [6.45, 7) is 0. The van der Waals surface area contributed by atoms with Crippen molar-refractivity contribution in [2.45, 2.75) is 0 Å². The molecule has 0 atom stereocenters. The molecule has 0 spiro atoms. The maximum absolute atomic E-state index is 12.4. The molecule has 1 aliphatic rings. The third-order valence-corrected chi connectivity index (χ3v) is 5.05. The molecule has 1 aromatic heterocycles. The summed E-state index contributed by atoms with van der Waals surface area (Å²) in [5, 5.41) is 0.228. The van der Waals surface area contributed by atoms with Crippen molar-refractivity contribution in [1.29, 1.82) is 0 Å². The van der Waals surface area contributed by atoms with Crippen molar-refractivity contribution in [1.82, 2.24) is 0 Å². The molecule has 1 aromatic carbocycles. The van der Waals surface area contributed by atoms with Gasteiger partial charge in [-0.3, -0.25) is 9.59 Å². The van der Waals surface area contributed by atoms with Crippen LogP contribution < -0.4 is 4.90 Å². The van der Waals surface area contributed by atoms with Gasteiger partial charge in [0.25, 0.3) is 11.1 Å². The van der Waals surface area contributed by atoms with Crippen molar-refractivity contribution < 1.29 is 9.59 Å². The van der Waals surface area contributed by atoms with E-state index in [0.29, 0.717) is 20.0 Å². The molecule has 2 heterocycles. The van der Waals surface area contributed by atoms with Gasteiger partial charge in [0.05, 0.1) is 14.9 Å². The van der Waals surface area contributed by atoms with Crippen molar-refractivity contribution in [3.8, 4) is 0 Å². The van der Waals surface area contributed by atoms with Gasteiger partial charge in [-0.05, 0) is 54.2 Å². The molecule has 2 amide bonds. The van der Waals surface area contributed by atoms with Crippen molar-refractivity contribution in [3.05, 3.63) is 55.5 Å². The van der Waals surface area contributed by atoms with Gasteiger partial charge < -0.3 is 0 Å². The van der Waals surface area contributed by atoms with Gasteiger partial charge in [-0.1, -0.05) is 23.2 Å². The Bertz CT molecular complexity index is 753. The molecule has 0 saturated carbocycles. The Morgan fingerprint density at radius 1 is 1.00 bits per heavy atom. The number of imide groups is 1. The summed E-state index contributed by atoms with van der Waals surface area (Å²) in [6, 6.07) is 10.1. The lowest BCUT2D eigenvalue weighted by Crippen LogP contribution is -2.27. The molecule has 3 rings (SSSR count). The number of carbonyl (C=O) groups is 2. The van der Waals surface area contributed by atoms with Crippen LogP contribution in [0.15, 0.2) is 41.3 Å².